The quantitative estimate of drug-likeness (QED) is 0.721. The Balaban J connectivity index is 2.13. The Morgan fingerprint density at radius 1 is 1.23 bits per heavy atom. The Morgan fingerprint density at radius 3 is 2.27 bits per heavy atom. The highest BCUT2D eigenvalue weighted by atomic mass is 32.2. The van der Waals surface area contributed by atoms with Gasteiger partial charge in [0.2, 0.25) is 5.91 Å². The molecule has 0 unspecified atom stereocenters. The summed E-state index contributed by atoms with van der Waals surface area (Å²) >= 11 is 4.71. The number of amides is 1. The summed E-state index contributed by atoms with van der Waals surface area (Å²) in [4.78, 5) is 12.3. The summed E-state index contributed by atoms with van der Waals surface area (Å²) in [5.74, 6) is -0.435. The summed E-state index contributed by atoms with van der Waals surface area (Å²) in [7, 11) is -3.87. The highest BCUT2D eigenvalue weighted by molar-refractivity contribution is 7.90. The van der Waals surface area contributed by atoms with E-state index in [1.807, 2.05) is 0 Å². The van der Waals surface area contributed by atoms with E-state index in [1.165, 1.54) is 24.3 Å². The normalized spacial score (nSPS) is 17.0. The first-order chi connectivity index (χ1) is 10.2. The van der Waals surface area contributed by atoms with Gasteiger partial charge in [-0.05, 0) is 49.3 Å². The number of nitrogens with one attached hydrogen (secondary N) is 2. The summed E-state index contributed by atoms with van der Waals surface area (Å²) in [6.45, 7) is 1.81. The Bertz CT molecular complexity index is 678. The molecule has 0 bridgehead atoms. The van der Waals surface area contributed by atoms with Gasteiger partial charge in [-0.3, -0.25) is 4.79 Å². The van der Waals surface area contributed by atoms with E-state index in [-0.39, 0.29) is 10.0 Å². The number of anilines is 1. The summed E-state index contributed by atoms with van der Waals surface area (Å²) in [6.07, 6.45) is 3.32. The maximum atomic E-state index is 12.3. The second-order valence-corrected chi connectivity index (χ2v) is 7.84. The van der Waals surface area contributed by atoms with Gasteiger partial charge in [-0.1, -0.05) is 19.8 Å². The number of carbonyl (C=O) groups excluding carboxylic acids is 1. The average molecular weight is 341 g/mol. The van der Waals surface area contributed by atoms with Gasteiger partial charge in [0.05, 0.1) is 4.90 Å². The van der Waals surface area contributed by atoms with Gasteiger partial charge in [0, 0.05) is 11.1 Å². The Labute approximate surface area is 135 Å². The molecule has 4 N–H and O–H groups in total. The van der Waals surface area contributed by atoms with Crippen LogP contribution in [0.5, 0.6) is 0 Å². The SMILES string of the molecule is CC1(C(=O)NS(=O)(=O)c2ccc(NC(N)=S)cc2)CCCC1. The Morgan fingerprint density at radius 2 is 1.77 bits per heavy atom. The van der Waals surface area contributed by atoms with Crippen molar-refractivity contribution in [3.05, 3.63) is 24.3 Å². The standard InChI is InChI=1S/C14H19N3O3S2/c1-14(8-2-3-9-14)12(18)17-22(19,20)11-6-4-10(5-7-11)16-13(15)21/h4-7H,2-3,8-9H2,1H3,(H,17,18)(H3,15,16,21). The van der Waals surface area contributed by atoms with Crippen molar-refractivity contribution in [3.8, 4) is 0 Å². The maximum absolute atomic E-state index is 12.3. The molecule has 1 aromatic carbocycles. The zero-order valence-electron chi connectivity index (χ0n) is 12.3. The van der Waals surface area contributed by atoms with Crippen LogP contribution in [-0.2, 0) is 14.8 Å². The number of carbonyl (C=O) groups is 1. The van der Waals surface area contributed by atoms with E-state index in [2.05, 4.69) is 10.0 Å². The third-order valence-corrected chi connectivity index (χ3v) is 5.36. The third-order valence-electron chi connectivity index (χ3n) is 3.91. The van der Waals surface area contributed by atoms with Gasteiger partial charge in [-0.2, -0.15) is 0 Å². The van der Waals surface area contributed by atoms with Crippen LogP contribution in [0.3, 0.4) is 0 Å². The van der Waals surface area contributed by atoms with Crippen LogP contribution in [0.4, 0.5) is 5.69 Å². The lowest BCUT2D eigenvalue weighted by molar-refractivity contribution is -0.127. The number of thiocarbonyl (C=S) groups is 1. The monoisotopic (exact) mass is 341 g/mol. The topological polar surface area (TPSA) is 101 Å². The molecule has 1 amide bonds. The van der Waals surface area contributed by atoms with Crippen molar-refractivity contribution in [1.82, 2.24) is 4.72 Å². The van der Waals surface area contributed by atoms with Gasteiger partial charge >= 0.3 is 0 Å². The van der Waals surface area contributed by atoms with E-state index in [9.17, 15) is 13.2 Å². The molecule has 0 heterocycles. The first kappa shape index (κ1) is 16.7. The molecule has 0 atom stereocenters. The minimum atomic E-state index is -3.87. The van der Waals surface area contributed by atoms with E-state index >= 15 is 0 Å². The molecule has 0 spiro atoms. The molecule has 120 valence electrons. The molecule has 0 saturated heterocycles. The number of rotatable bonds is 4. The molecular formula is C14H19N3O3S2. The predicted molar refractivity (Wildman–Crippen MR) is 88.8 cm³/mol. The minimum Gasteiger partial charge on any atom is -0.376 e. The molecule has 22 heavy (non-hydrogen) atoms. The zero-order chi connectivity index (χ0) is 16.4. The van der Waals surface area contributed by atoms with E-state index < -0.39 is 21.3 Å². The summed E-state index contributed by atoms with van der Waals surface area (Å²) < 4.78 is 26.7. The van der Waals surface area contributed by atoms with Crippen molar-refractivity contribution in [1.29, 1.82) is 0 Å². The smallest absolute Gasteiger partial charge is 0.264 e. The van der Waals surface area contributed by atoms with Gasteiger partial charge in [0.25, 0.3) is 10.0 Å². The van der Waals surface area contributed by atoms with Crippen molar-refractivity contribution in [2.24, 2.45) is 11.1 Å². The largest absolute Gasteiger partial charge is 0.376 e. The number of sulfonamides is 1. The fourth-order valence-electron chi connectivity index (χ4n) is 2.55. The molecule has 0 aromatic heterocycles. The van der Waals surface area contributed by atoms with Crippen LogP contribution in [0.1, 0.15) is 32.6 Å². The molecule has 2 rings (SSSR count). The number of benzene rings is 1. The van der Waals surface area contributed by atoms with E-state index in [0.29, 0.717) is 18.5 Å². The van der Waals surface area contributed by atoms with E-state index in [4.69, 9.17) is 18.0 Å². The average Bonchev–Trinajstić information content (AvgIpc) is 2.86. The van der Waals surface area contributed by atoms with Crippen LogP contribution in [0.15, 0.2) is 29.2 Å². The van der Waals surface area contributed by atoms with Gasteiger partial charge < -0.3 is 11.1 Å². The van der Waals surface area contributed by atoms with E-state index in [0.717, 1.165) is 12.8 Å². The number of hydrogen-bond acceptors (Lipinski definition) is 4. The second-order valence-electron chi connectivity index (χ2n) is 5.72. The summed E-state index contributed by atoms with van der Waals surface area (Å²) in [5.41, 5.74) is 5.33. The fourth-order valence-corrected chi connectivity index (χ4v) is 3.77. The third kappa shape index (κ3) is 3.75. The molecule has 1 fully saturated rings. The maximum Gasteiger partial charge on any atom is 0.264 e. The molecule has 1 saturated carbocycles. The summed E-state index contributed by atoms with van der Waals surface area (Å²) in [5, 5.41) is 2.80. The highest BCUT2D eigenvalue weighted by Crippen LogP contribution is 2.37. The van der Waals surface area contributed by atoms with Gasteiger partial charge in [0.15, 0.2) is 5.11 Å². The number of nitrogens with two attached hydrogens (primary N) is 1. The lowest BCUT2D eigenvalue weighted by atomic mass is 9.88. The van der Waals surface area contributed by atoms with Crippen LogP contribution >= 0.6 is 12.2 Å². The highest BCUT2D eigenvalue weighted by Gasteiger charge is 2.38. The van der Waals surface area contributed by atoms with E-state index in [1.54, 1.807) is 6.92 Å². The van der Waals surface area contributed by atoms with Crippen molar-refractivity contribution < 1.29 is 13.2 Å². The molecule has 0 aliphatic heterocycles. The lowest BCUT2D eigenvalue weighted by Gasteiger charge is -2.22. The number of hydrogen-bond donors (Lipinski definition) is 3. The van der Waals surface area contributed by atoms with Gasteiger partial charge in [0.1, 0.15) is 0 Å². The molecule has 0 radical (unpaired) electrons. The first-order valence-corrected chi connectivity index (χ1v) is 8.86. The summed E-state index contributed by atoms with van der Waals surface area (Å²) in [6, 6.07) is 5.87. The van der Waals surface area contributed by atoms with Crippen LogP contribution in [0.2, 0.25) is 0 Å². The molecule has 1 aliphatic carbocycles. The molecule has 8 heteroatoms. The van der Waals surface area contributed by atoms with Crippen LogP contribution in [-0.4, -0.2) is 19.4 Å². The fraction of sp³-hybridized carbons (Fsp3) is 0.429. The van der Waals surface area contributed by atoms with Crippen molar-refractivity contribution in [2.45, 2.75) is 37.5 Å². The molecule has 6 nitrogen and oxygen atoms in total. The van der Waals surface area contributed by atoms with Crippen LogP contribution < -0.4 is 15.8 Å². The van der Waals surface area contributed by atoms with Crippen LogP contribution in [0, 0.1) is 5.41 Å². The molecular weight excluding hydrogens is 322 g/mol. The second kappa shape index (κ2) is 6.21. The van der Waals surface area contributed by atoms with Crippen molar-refractivity contribution >= 4 is 38.9 Å². The minimum absolute atomic E-state index is 0.0240. The zero-order valence-corrected chi connectivity index (χ0v) is 13.9. The van der Waals surface area contributed by atoms with Crippen LogP contribution in [0.25, 0.3) is 0 Å². The molecule has 1 aromatic rings. The first-order valence-electron chi connectivity index (χ1n) is 6.97. The Kier molecular flexibility index (Phi) is 4.72. The van der Waals surface area contributed by atoms with Gasteiger partial charge in [-0.15, -0.1) is 0 Å². The predicted octanol–water partition coefficient (Wildman–Crippen LogP) is 1.73. The lowest BCUT2D eigenvalue weighted by Crippen LogP contribution is -2.40. The van der Waals surface area contributed by atoms with Crippen molar-refractivity contribution in [3.63, 3.8) is 0 Å². The van der Waals surface area contributed by atoms with Crippen molar-refractivity contribution in [2.75, 3.05) is 5.32 Å². The Hall–Kier alpha value is -1.67. The molecule has 1 aliphatic rings. The van der Waals surface area contributed by atoms with Gasteiger partial charge in [-0.25, -0.2) is 13.1 Å².